The van der Waals surface area contributed by atoms with Crippen molar-refractivity contribution in [3.05, 3.63) is 34.7 Å². The molecule has 3 rings (SSSR count). The molecule has 0 unspecified atom stereocenters. The molecular weight excluding hydrogens is 384 g/mol. The van der Waals surface area contributed by atoms with Crippen LogP contribution in [-0.2, 0) is 14.4 Å². The fourth-order valence-electron chi connectivity index (χ4n) is 2.06. The smallest absolute Gasteiger partial charge is 0.312 e. The molecule has 0 aromatic heterocycles. The van der Waals surface area contributed by atoms with E-state index in [2.05, 4.69) is 10.6 Å². The highest BCUT2D eigenvalue weighted by atomic mass is 32.2. The minimum absolute atomic E-state index is 0.192. The molecule has 10 heteroatoms. The van der Waals surface area contributed by atoms with Gasteiger partial charge in [0, 0.05) is 0 Å². The minimum Gasteiger partial charge on any atom is -0.426 e. The predicted octanol–water partition coefficient (Wildman–Crippen LogP) is 1.82. The number of ether oxygens (including phenoxy) is 1. The first-order valence-electron chi connectivity index (χ1n) is 6.98. The third kappa shape index (κ3) is 4.47. The number of rotatable bonds is 4. The summed E-state index contributed by atoms with van der Waals surface area (Å²) in [6.07, 6.45) is 1.48. The summed E-state index contributed by atoms with van der Waals surface area (Å²) in [6, 6.07) is 6.52. The van der Waals surface area contributed by atoms with E-state index >= 15 is 0 Å². The van der Waals surface area contributed by atoms with Crippen molar-refractivity contribution in [1.82, 2.24) is 10.6 Å². The SMILES string of the molecule is O=C(C[C@@H]1SC(=O)NC1=O)Oc1ccc(/C=C2\SC(=S)NC2=O)cc1. The molecule has 0 aliphatic carbocycles. The molecule has 2 heterocycles. The number of esters is 1. The summed E-state index contributed by atoms with van der Waals surface area (Å²) in [5.41, 5.74) is 0.749. The number of hydrogen-bond donors (Lipinski definition) is 2. The van der Waals surface area contributed by atoms with Crippen LogP contribution in [0.5, 0.6) is 5.75 Å². The van der Waals surface area contributed by atoms with Gasteiger partial charge < -0.3 is 10.1 Å². The van der Waals surface area contributed by atoms with Crippen LogP contribution in [0.25, 0.3) is 6.08 Å². The molecule has 1 aromatic carbocycles. The van der Waals surface area contributed by atoms with Gasteiger partial charge in [-0.05, 0) is 23.8 Å². The Labute approximate surface area is 155 Å². The number of nitrogens with one attached hydrogen (secondary N) is 2. The summed E-state index contributed by atoms with van der Waals surface area (Å²) >= 11 is 6.87. The topological polar surface area (TPSA) is 102 Å². The molecule has 1 aromatic rings. The van der Waals surface area contributed by atoms with E-state index in [0.29, 0.717) is 15.0 Å². The van der Waals surface area contributed by atoms with E-state index in [-0.39, 0.29) is 12.3 Å². The molecule has 25 heavy (non-hydrogen) atoms. The monoisotopic (exact) mass is 394 g/mol. The molecule has 2 fully saturated rings. The third-order valence-corrected chi connectivity index (χ3v) is 5.31. The van der Waals surface area contributed by atoms with Gasteiger partial charge in [-0.25, -0.2) is 0 Å². The first kappa shape index (κ1) is 17.6. The highest BCUT2D eigenvalue weighted by Crippen LogP contribution is 2.27. The molecule has 128 valence electrons. The highest BCUT2D eigenvalue weighted by Gasteiger charge is 2.33. The van der Waals surface area contributed by atoms with Crippen LogP contribution in [0.1, 0.15) is 12.0 Å². The lowest BCUT2D eigenvalue weighted by atomic mass is 10.2. The Balaban J connectivity index is 1.59. The molecule has 0 spiro atoms. The first-order valence-corrected chi connectivity index (χ1v) is 9.08. The van der Waals surface area contributed by atoms with E-state index in [1.807, 2.05) is 0 Å². The number of thiocarbonyl (C=S) groups is 1. The van der Waals surface area contributed by atoms with Crippen molar-refractivity contribution in [2.75, 3.05) is 0 Å². The first-order chi connectivity index (χ1) is 11.9. The molecule has 0 saturated carbocycles. The molecule has 2 N–H and O–H groups in total. The number of amides is 3. The van der Waals surface area contributed by atoms with E-state index in [9.17, 15) is 19.2 Å². The van der Waals surface area contributed by atoms with Crippen LogP contribution >= 0.6 is 35.7 Å². The van der Waals surface area contributed by atoms with Crippen LogP contribution in [-0.4, -0.2) is 32.6 Å². The number of carbonyl (C=O) groups is 4. The van der Waals surface area contributed by atoms with Crippen LogP contribution < -0.4 is 15.4 Å². The van der Waals surface area contributed by atoms with Crippen LogP contribution in [0.15, 0.2) is 29.2 Å². The van der Waals surface area contributed by atoms with Gasteiger partial charge in [-0.2, -0.15) is 0 Å². The average molecular weight is 394 g/mol. The van der Waals surface area contributed by atoms with Crippen molar-refractivity contribution in [2.45, 2.75) is 11.7 Å². The zero-order chi connectivity index (χ0) is 18.0. The second-order valence-electron chi connectivity index (χ2n) is 4.98. The van der Waals surface area contributed by atoms with Crippen molar-refractivity contribution in [1.29, 1.82) is 0 Å². The lowest BCUT2D eigenvalue weighted by Gasteiger charge is -2.06. The van der Waals surface area contributed by atoms with Gasteiger partial charge in [0.15, 0.2) is 0 Å². The van der Waals surface area contributed by atoms with Crippen molar-refractivity contribution >= 4 is 69.2 Å². The Hall–Kier alpha value is -2.17. The Morgan fingerprint density at radius 3 is 2.48 bits per heavy atom. The minimum atomic E-state index is -0.759. The molecule has 0 bridgehead atoms. The molecule has 2 aliphatic rings. The number of imide groups is 1. The fraction of sp³-hybridized carbons (Fsp3) is 0.133. The van der Waals surface area contributed by atoms with E-state index < -0.39 is 22.4 Å². The molecule has 0 radical (unpaired) electrons. The van der Waals surface area contributed by atoms with Crippen molar-refractivity contribution in [3.8, 4) is 5.75 Å². The number of carbonyl (C=O) groups excluding carboxylic acids is 4. The van der Waals surface area contributed by atoms with Crippen molar-refractivity contribution in [3.63, 3.8) is 0 Å². The van der Waals surface area contributed by atoms with Crippen molar-refractivity contribution in [2.24, 2.45) is 0 Å². The molecule has 2 aliphatic heterocycles. The van der Waals surface area contributed by atoms with E-state index in [0.717, 1.165) is 17.3 Å². The Kier molecular flexibility index (Phi) is 5.21. The second-order valence-corrected chi connectivity index (χ2v) is 7.88. The van der Waals surface area contributed by atoms with Crippen LogP contribution in [0.2, 0.25) is 0 Å². The van der Waals surface area contributed by atoms with Gasteiger partial charge in [0.05, 0.1) is 11.3 Å². The number of benzene rings is 1. The van der Waals surface area contributed by atoms with Crippen LogP contribution in [0, 0.1) is 0 Å². The van der Waals surface area contributed by atoms with Gasteiger partial charge >= 0.3 is 5.97 Å². The fourth-order valence-corrected chi connectivity index (χ4v) is 3.90. The maximum atomic E-state index is 11.9. The van der Waals surface area contributed by atoms with E-state index in [1.165, 1.54) is 11.8 Å². The Bertz CT molecular complexity index is 819. The Morgan fingerprint density at radius 1 is 1.20 bits per heavy atom. The van der Waals surface area contributed by atoms with Gasteiger partial charge in [-0.1, -0.05) is 47.9 Å². The molecular formula is C15H10N2O5S3. The largest absolute Gasteiger partial charge is 0.426 e. The maximum absolute atomic E-state index is 11.9. The van der Waals surface area contributed by atoms with Crippen LogP contribution in [0.3, 0.4) is 0 Å². The van der Waals surface area contributed by atoms with E-state index in [1.54, 1.807) is 30.3 Å². The number of thioether (sulfide) groups is 2. The van der Waals surface area contributed by atoms with Crippen LogP contribution in [0.4, 0.5) is 4.79 Å². The van der Waals surface area contributed by atoms with Gasteiger partial charge in [0.1, 0.15) is 15.3 Å². The van der Waals surface area contributed by atoms with Gasteiger partial charge in [0.25, 0.3) is 11.1 Å². The zero-order valence-electron chi connectivity index (χ0n) is 12.4. The van der Waals surface area contributed by atoms with Gasteiger partial charge in [-0.3, -0.25) is 24.5 Å². The second kappa shape index (κ2) is 7.38. The highest BCUT2D eigenvalue weighted by molar-refractivity contribution is 8.26. The molecule has 7 nitrogen and oxygen atoms in total. The predicted molar refractivity (Wildman–Crippen MR) is 97.9 cm³/mol. The summed E-state index contributed by atoms with van der Waals surface area (Å²) in [7, 11) is 0. The summed E-state index contributed by atoms with van der Waals surface area (Å²) < 4.78 is 5.56. The Morgan fingerprint density at radius 2 is 1.92 bits per heavy atom. The lowest BCUT2D eigenvalue weighted by molar-refractivity contribution is -0.135. The summed E-state index contributed by atoms with van der Waals surface area (Å²) in [6.45, 7) is 0. The van der Waals surface area contributed by atoms with E-state index in [4.69, 9.17) is 17.0 Å². The van der Waals surface area contributed by atoms with Gasteiger partial charge in [0.2, 0.25) is 5.91 Å². The number of hydrogen-bond acceptors (Lipinski definition) is 8. The molecule has 2 saturated heterocycles. The average Bonchev–Trinajstić information content (AvgIpc) is 3.02. The summed E-state index contributed by atoms with van der Waals surface area (Å²) in [4.78, 5) is 46.4. The summed E-state index contributed by atoms with van der Waals surface area (Å²) in [5, 5.41) is 3.41. The summed E-state index contributed by atoms with van der Waals surface area (Å²) in [5.74, 6) is -1.03. The molecule has 1 atom stereocenters. The third-order valence-electron chi connectivity index (χ3n) is 3.17. The van der Waals surface area contributed by atoms with Gasteiger partial charge in [-0.15, -0.1) is 0 Å². The maximum Gasteiger partial charge on any atom is 0.312 e. The van der Waals surface area contributed by atoms with Crippen molar-refractivity contribution < 1.29 is 23.9 Å². The zero-order valence-corrected chi connectivity index (χ0v) is 14.9. The standard InChI is InChI=1S/C15H10N2O5S3/c18-11(6-10-12(19)16-14(21)24-10)22-8-3-1-7(2-4-8)5-9-13(20)17-15(23)25-9/h1-5,10H,6H2,(H,16,19,21)(H,17,20,23)/b9-5-/t10-/m0/s1. The quantitative estimate of drug-likeness (QED) is 0.345. The normalized spacial score (nSPS) is 21.4. The lowest BCUT2D eigenvalue weighted by Crippen LogP contribution is -2.27. The molecule has 3 amide bonds.